The Morgan fingerprint density at radius 3 is 2.53 bits per heavy atom. The molecule has 1 N–H and O–H groups in total. The van der Waals surface area contributed by atoms with Crippen molar-refractivity contribution in [2.75, 3.05) is 5.33 Å². The largest absolute Gasteiger partial charge is 0.350 e. The summed E-state index contributed by atoms with van der Waals surface area (Å²) in [5, 5.41) is 3.66. The molecule has 0 heterocycles. The van der Waals surface area contributed by atoms with Crippen molar-refractivity contribution in [2.24, 2.45) is 0 Å². The van der Waals surface area contributed by atoms with Crippen LogP contribution in [0.15, 0.2) is 24.3 Å². The normalized spacial score (nSPS) is 12.2. The van der Waals surface area contributed by atoms with Crippen LogP contribution in [0.2, 0.25) is 0 Å². The highest BCUT2D eigenvalue weighted by atomic mass is 79.9. The maximum atomic E-state index is 11.4. The van der Waals surface area contributed by atoms with Crippen molar-refractivity contribution in [3.8, 4) is 0 Å². The number of hydrogen-bond acceptors (Lipinski definition) is 1. The molecule has 0 aliphatic heterocycles. The Morgan fingerprint density at radius 2 is 2.00 bits per heavy atom. The Bertz CT molecular complexity index is 321. The van der Waals surface area contributed by atoms with Crippen molar-refractivity contribution >= 4 is 21.8 Å². The van der Waals surface area contributed by atoms with E-state index in [1.54, 1.807) is 0 Å². The predicted octanol–water partition coefficient (Wildman–Crippen LogP) is 2.96. The van der Waals surface area contributed by atoms with Crippen molar-refractivity contribution in [1.29, 1.82) is 0 Å². The topological polar surface area (TPSA) is 29.1 Å². The minimum atomic E-state index is 0.0807. The molecule has 82 valence electrons. The minimum Gasteiger partial charge on any atom is -0.350 e. The SMILES string of the molecule is Cc1ccc(C(C)NC(=O)CCBr)cc1. The number of halogens is 1. The summed E-state index contributed by atoms with van der Waals surface area (Å²) in [7, 11) is 0. The number of benzene rings is 1. The first kappa shape index (κ1) is 12.2. The Kier molecular flexibility index (Phi) is 4.82. The van der Waals surface area contributed by atoms with Gasteiger partial charge in [0, 0.05) is 11.8 Å². The molecule has 0 aliphatic carbocycles. The average molecular weight is 270 g/mol. The lowest BCUT2D eigenvalue weighted by molar-refractivity contribution is -0.121. The van der Waals surface area contributed by atoms with Crippen LogP contribution in [0.1, 0.15) is 30.5 Å². The molecule has 0 saturated carbocycles. The number of aryl methyl sites for hydroxylation is 1. The van der Waals surface area contributed by atoms with E-state index in [4.69, 9.17) is 0 Å². The fourth-order valence-electron chi connectivity index (χ4n) is 1.34. The summed E-state index contributed by atoms with van der Waals surface area (Å²) in [4.78, 5) is 11.4. The van der Waals surface area contributed by atoms with Gasteiger partial charge in [-0.15, -0.1) is 0 Å². The Hall–Kier alpha value is -0.830. The summed E-state index contributed by atoms with van der Waals surface area (Å²) in [6, 6.07) is 8.30. The number of rotatable bonds is 4. The summed E-state index contributed by atoms with van der Waals surface area (Å²) in [6.45, 7) is 4.05. The van der Waals surface area contributed by atoms with Gasteiger partial charge in [-0.25, -0.2) is 0 Å². The van der Waals surface area contributed by atoms with E-state index in [1.165, 1.54) is 5.56 Å². The van der Waals surface area contributed by atoms with E-state index in [0.29, 0.717) is 11.8 Å². The summed E-state index contributed by atoms with van der Waals surface area (Å²) >= 11 is 3.24. The molecular weight excluding hydrogens is 254 g/mol. The second-order valence-corrected chi connectivity index (χ2v) is 4.43. The third kappa shape index (κ3) is 4.04. The van der Waals surface area contributed by atoms with Crippen LogP contribution in [0.25, 0.3) is 0 Å². The minimum absolute atomic E-state index is 0.0807. The molecule has 0 radical (unpaired) electrons. The van der Waals surface area contributed by atoms with Gasteiger partial charge in [0.25, 0.3) is 0 Å². The number of nitrogens with one attached hydrogen (secondary N) is 1. The standard InChI is InChI=1S/C12H16BrNO/c1-9-3-5-11(6-4-9)10(2)14-12(15)7-8-13/h3-6,10H,7-8H2,1-2H3,(H,14,15). The molecule has 1 unspecified atom stereocenters. The predicted molar refractivity (Wildman–Crippen MR) is 66.1 cm³/mol. The van der Waals surface area contributed by atoms with Gasteiger partial charge in [-0.1, -0.05) is 45.8 Å². The van der Waals surface area contributed by atoms with E-state index in [-0.39, 0.29) is 11.9 Å². The quantitative estimate of drug-likeness (QED) is 0.837. The zero-order valence-electron chi connectivity index (χ0n) is 9.09. The maximum Gasteiger partial charge on any atom is 0.221 e. The molecule has 0 bridgehead atoms. The molecule has 0 saturated heterocycles. The fourth-order valence-corrected chi connectivity index (χ4v) is 1.70. The molecule has 15 heavy (non-hydrogen) atoms. The van der Waals surface area contributed by atoms with Gasteiger partial charge in [-0.2, -0.15) is 0 Å². The molecule has 1 amide bonds. The zero-order valence-corrected chi connectivity index (χ0v) is 10.7. The zero-order chi connectivity index (χ0) is 11.3. The van der Waals surface area contributed by atoms with Crippen molar-refractivity contribution < 1.29 is 4.79 Å². The van der Waals surface area contributed by atoms with Crippen LogP contribution in [0.5, 0.6) is 0 Å². The first-order chi connectivity index (χ1) is 7.13. The lowest BCUT2D eigenvalue weighted by atomic mass is 10.1. The number of amides is 1. The van der Waals surface area contributed by atoms with Gasteiger partial charge < -0.3 is 5.32 Å². The highest BCUT2D eigenvalue weighted by Crippen LogP contribution is 2.13. The Morgan fingerprint density at radius 1 is 1.40 bits per heavy atom. The van der Waals surface area contributed by atoms with Crippen LogP contribution < -0.4 is 5.32 Å². The van der Waals surface area contributed by atoms with Crippen LogP contribution in [-0.2, 0) is 4.79 Å². The molecule has 0 spiro atoms. The molecule has 2 nitrogen and oxygen atoms in total. The fraction of sp³-hybridized carbons (Fsp3) is 0.417. The van der Waals surface area contributed by atoms with Gasteiger partial charge in [0.15, 0.2) is 0 Å². The van der Waals surface area contributed by atoms with Gasteiger partial charge in [0.2, 0.25) is 5.91 Å². The Labute approximate surface area is 99.2 Å². The molecule has 3 heteroatoms. The third-order valence-corrected chi connectivity index (χ3v) is 2.67. The highest BCUT2D eigenvalue weighted by molar-refractivity contribution is 9.09. The summed E-state index contributed by atoms with van der Waals surface area (Å²) in [5.41, 5.74) is 2.38. The molecule has 0 fully saturated rings. The second kappa shape index (κ2) is 5.91. The molecule has 1 rings (SSSR count). The summed E-state index contributed by atoms with van der Waals surface area (Å²) < 4.78 is 0. The molecule has 0 aromatic heterocycles. The van der Waals surface area contributed by atoms with E-state index < -0.39 is 0 Å². The van der Waals surface area contributed by atoms with E-state index >= 15 is 0 Å². The van der Waals surface area contributed by atoms with Crippen LogP contribution in [0.4, 0.5) is 0 Å². The van der Waals surface area contributed by atoms with Crippen LogP contribution in [0.3, 0.4) is 0 Å². The van der Waals surface area contributed by atoms with Crippen molar-refractivity contribution in [3.63, 3.8) is 0 Å². The number of carbonyl (C=O) groups is 1. The molecule has 1 aromatic carbocycles. The van der Waals surface area contributed by atoms with Crippen LogP contribution >= 0.6 is 15.9 Å². The van der Waals surface area contributed by atoms with Gasteiger partial charge in [-0.05, 0) is 19.4 Å². The summed E-state index contributed by atoms with van der Waals surface area (Å²) in [5.74, 6) is 0.0833. The van der Waals surface area contributed by atoms with E-state index in [1.807, 2.05) is 6.92 Å². The van der Waals surface area contributed by atoms with E-state index in [9.17, 15) is 4.79 Å². The van der Waals surface area contributed by atoms with E-state index in [0.717, 1.165) is 5.56 Å². The van der Waals surface area contributed by atoms with Crippen molar-refractivity contribution in [3.05, 3.63) is 35.4 Å². The highest BCUT2D eigenvalue weighted by Gasteiger charge is 2.08. The molecular formula is C12H16BrNO. The number of carbonyl (C=O) groups excluding carboxylic acids is 1. The third-order valence-electron chi connectivity index (χ3n) is 2.28. The maximum absolute atomic E-state index is 11.4. The monoisotopic (exact) mass is 269 g/mol. The van der Waals surface area contributed by atoms with Crippen LogP contribution in [-0.4, -0.2) is 11.2 Å². The van der Waals surface area contributed by atoms with E-state index in [2.05, 4.69) is 52.4 Å². The van der Waals surface area contributed by atoms with Gasteiger partial charge in [-0.3, -0.25) is 4.79 Å². The molecule has 1 atom stereocenters. The number of alkyl halides is 1. The van der Waals surface area contributed by atoms with Crippen LogP contribution in [0, 0.1) is 6.92 Å². The van der Waals surface area contributed by atoms with Gasteiger partial charge in [0.1, 0.15) is 0 Å². The number of hydrogen-bond donors (Lipinski definition) is 1. The second-order valence-electron chi connectivity index (χ2n) is 3.64. The lowest BCUT2D eigenvalue weighted by Crippen LogP contribution is -2.26. The molecule has 1 aromatic rings. The first-order valence-electron chi connectivity index (χ1n) is 5.05. The summed E-state index contributed by atoms with van der Waals surface area (Å²) in [6.07, 6.45) is 0.524. The molecule has 0 aliphatic rings. The Balaban J connectivity index is 2.57. The van der Waals surface area contributed by atoms with Gasteiger partial charge >= 0.3 is 0 Å². The van der Waals surface area contributed by atoms with Gasteiger partial charge in [0.05, 0.1) is 6.04 Å². The van der Waals surface area contributed by atoms with Crippen molar-refractivity contribution in [2.45, 2.75) is 26.3 Å². The lowest BCUT2D eigenvalue weighted by Gasteiger charge is -2.14. The van der Waals surface area contributed by atoms with Crippen molar-refractivity contribution in [1.82, 2.24) is 5.32 Å². The smallest absolute Gasteiger partial charge is 0.221 e. The first-order valence-corrected chi connectivity index (χ1v) is 6.17. The average Bonchev–Trinajstić information content (AvgIpc) is 2.18.